The molecule has 34 heavy (non-hydrogen) atoms. The molecule has 3 aromatic rings. The number of aromatic nitrogens is 3. The molecule has 9 heteroatoms. The first-order chi connectivity index (χ1) is 16.7. The SMILES string of the molecule is COc1ccc(-c2nnc(SCC(=O)c3ccc4c(c3)OCO4)n2C2CCCCC2)cc1OC. The van der Waals surface area contributed by atoms with Gasteiger partial charge < -0.3 is 18.9 Å². The summed E-state index contributed by atoms with van der Waals surface area (Å²) in [5.74, 6) is 3.64. The number of nitrogens with zero attached hydrogens (tertiary/aromatic N) is 3. The van der Waals surface area contributed by atoms with Gasteiger partial charge in [-0.1, -0.05) is 31.0 Å². The van der Waals surface area contributed by atoms with Gasteiger partial charge in [-0.05, 0) is 49.2 Å². The summed E-state index contributed by atoms with van der Waals surface area (Å²) < 4.78 is 23.8. The summed E-state index contributed by atoms with van der Waals surface area (Å²) in [6.07, 6.45) is 5.74. The van der Waals surface area contributed by atoms with Gasteiger partial charge in [0.15, 0.2) is 39.8 Å². The Morgan fingerprint density at radius 1 is 1.00 bits per heavy atom. The van der Waals surface area contributed by atoms with E-state index in [9.17, 15) is 4.79 Å². The molecule has 8 nitrogen and oxygen atoms in total. The average molecular weight is 482 g/mol. The number of hydrogen-bond donors (Lipinski definition) is 0. The van der Waals surface area contributed by atoms with Gasteiger partial charge in [0.25, 0.3) is 0 Å². The first kappa shape index (κ1) is 22.6. The molecule has 1 saturated carbocycles. The molecule has 1 fully saturated rings. The van der Waals surface area contributed by atoms with Crippen molar-refractivity contribution in [3.63, 3.8) is 0 Å². The Labute approximate surface area is 202 Å². The monoisotopic (exact) mass is 481 g/mol. The van der Waals surface area contributed by atoms with Crippen LogP contribution < -0.4 is 18.9 Å². The van der Waals surface area contributed by atoms with Crippen LogP contribution in [0.4, 0.5) is 0 Å². The van der Waals surface area contributed by atoms with Crippen LogP contribution in [0, 0.1) is 0 Å². The Morgan fingerprint density at radius 3 is 2.59 bits per heavy atom. The third kappa shape index (κ3) is 4.44. The summed E-state index contributed by atoms with van der Waals surface area (Å²) in [4.78, 5) is 12.9. The number of ether oxygens (including phenoxy) is 4. The third-order valence-electron chi connectivity index (χ3n) is 6.27. The van der Waals surface area contributed by atoms with Gasteiger partial charge in [-0.2, -0.15) is 0 Å². The zero-order valence-electron chi connectivity index (χ0n) is 19.3. The summed E-state index contributed by atoms with van der Waals surface area (Å²) in [5, 5.41) is 9.79. The van der Waals surface area contributed by atoms with Gasteiger partial charge >= 0.3 is 0 Å². The highest BCUT2D eigenvalue weighted by Crippen LogP contribution is 2.38. The summed E-state index contributed by atoms with van der Waals surface area (Å²) in [7, 11) is 3.24. The Hall–Kier alpha value is -3.20. The van der Waals surface area contributed by atoms with Crippen LogP contribution in [0.2, 0.25) is 0 Å². The van der Waals surface area contributed by atoms with Gasteiger partial charge in [0.2, 0.25) is 6.79 Å². The van der Waals surface area contributed by atoms with Crippen LogP contribution in [-0.2, 0) is 0 Å². The minimum atomic E-state index is 0.00848. The maximum atomic E-state index is 12.9. The normalized spacial score (nSPS) is 15.4. The van der Waals surface area contributed by atoms with Crippen molar-refractivity contribution >= 4 is 17.5 Å². The van der Waals surface area contributed by atoms with Crippen molar-refractivity contribution in [1.29, 1.82) is 0 Å². The van der Waals surface area contributed by atoms with Crippen LogP contribution in [0.25, 0.3) is 11.4 Å². The number of hydrogen-bond acceptors (Lipinski definition) is 8. The number of carbonyl (C=O) groups excluding carboxylic acids is 1. The van der Waals surface area contributed by atoms with Crippen molar-refractivity contribution in [1.82, 2.24) is 14.8 Å². The van der Waals surface area contributed by atoms with E-state index in [1.165, 1.54) is 31.0 Å². The predicted molar refractivity (Wildman–Crippen MR) is 128 cm³/mol. The number of fused-ring (bicyclic) bond motifs is 1. The van der Waals surface area contributed by atoms with E-state index in [2.05, 4.69) is 14.8 Å². The second-order valence-corrected chi connectivity index (χ2v) is 9.26. The van der Waals surface area contributed by atoms with Crippen LogP contribution >= 0.6 is 11.8 Å². The van der Waals surface area contributed by atoms with Crippen LogP contribution in [0.5, 0.6) is 23.0 Å². The van der Waals surface area contributed by atoms with Crippen molar-refractivity contribution in [2.24, 2.45) is 0 Å². The second-order valence-electron chi connectivity index (χ2n) is 8.32. The highest BCUT2D eigenvalue weighted by molar-refractivity contribution is 7.99. The van der Waals surface area contributed by atoms with E-state index >= 15 is 0 Å². The topological polar surface area (TPSA) is 84.7 Å². The summed E-state index contributed by atoms with van der Waals surface area (Å²) in [5.41, 5.74) is 1.50. The number of Topliss-reactive ketones (excluding diaryl/α,β-unsaturated/α-hetero) is 1. The lowest BCUT2D eigenvalue weighted by molar-refractivity contribution is 0.102. The standard InChI is InChI=1S/C25H27N3O5S/c1-30-20-10-9-17(13-22(20)31-2)24-26-27-25(28(24)18-6-4-3-5-7-18)34-14-19(29)16-8-11-21-23(12-16)33-15-32-21/h8-13,18H,3-7,14-15H2,1-2H3. The maximum absolute atomic E-state index is 12.9. The van der Waals surface area contributed by atoms with Gasteiger partial charge in [-0.3, -0.25) is 9.36 Å². The molecule has 2 aliphatic rings. The molecular formula is C25H27N3O5S. The largest absolute Gasteiger partial charge is 0.493 e. The van der Waals surface area contributed by atoms with Gasteiger partial charge in [0, 0.05) is 17.2 Å². The fourth-order valence-electron chi connectivity index (χ4n) is 4.50. The molecule has 1 aliphatic heterocycles. The molecule has 1 aromatic heterocycles. The molecule has 1 aliphatic carbocycles. The summed E-state index contributed by atoms with van der Waals surface area (Å²) in [6, 6.07) is 11.4. The molecule has 0 amide bonds. The number of carbonyl (C=O) groups is 1. The predicted octanol–water partition coefficient (Wildman–Crippen LogP) is 5.17. The van der Waals surface area contributed by atoms with Gasteiger partial charge in [-0.15, -0.1) is 10.2 Å². The van der Waals surface area contributed by atoms with E-state index in [0.29, 0.717) is 34.6 Å². The van der Waals surface area contributed by atoms with Gasteiger partial charge in [0.05, 0.1) is 20.0 Å². The van der Waals surface area contributed by atoms with Crippen molar-refractivity contribution < 1.29 is 23.7 Å². The second kappa shape index (κ2) is 9.97. The molecular weight excluding hydrogens is 454 g/mol. The third-order valence-corrected chi connectivity index (χ3v) is 7.22. The first-order valence-electron chi connectivity index (χ1n) is 11.4. The van der Waals surface area contributed by atoms with E-state index < -0.39 is 0 Å². The molecule has 5 rings (SSSR count). The van der Waals surface area contributed by atoms with E-state index in [-0.39, 0.29) is 18.3 Å². The average Bonchev–Trinajstić information content (AvgIpc) is 3.54. The highest BCUT2D eigenvalue weighted by Gasteiger charge is 2.25. The molecule has 178 valence electrons. The van der Waals surface area contributed by atoms with E-state index in [4.69, 9.17) is 18.9 Å². The van der Waals surface area contributed by atoms with E-state index in [1.54, 1.807) is 32.4 Å². The molecule has 0 radical (unpaired) electrons. The Bertz CT molecular complexity index is 1190. The smallest absolute Gasteiger partial charge is 0.231 e. The summed E-state index contributed by atoms with van der Waals surface area (Å²) in [6.45, 7) is 0.186. The number of methoxy groups -OCH3 is 2. The van der Waals surface area contributed by atoms with Gasteiger partial charge in [-0.25, -0.2) is 0 Å². The molecule has 0 N–H and O–H groups in total. The van der Waals surface area contributed by atoms with Gasteiger partial charge in [0.1, 0.15) is 0 Å². The Morgan fingerprint density at radius 2 is 1.79 bits per heavy atom. The lowest BCUT2D eigenvalue weighted by Crippen LogP contribution is -2.15. The van der Waals surface area contributed by atoms with Crippen molar-refractivity contribution in [3.05, 3.63) is 42.0 Å². The van der Waals surface area contributed by atoms with Crippen molar-refractivity contribution in [2.45, 2.75) is 43.3 Å². The van der Waals surface area contributed by atoms with Crippen LogP contribution in [0.15, 0.2) is 41.6 Å². The molecule has 2 aromatic carbocycles. The number of rotatable bonds is 8. The number of benzene rings is 2. The number of ketones is 1. The summed E-state index contributed by atoms with van der Waals surface area (Å²) >= 11 is 1.42. The van der Waals surface area contributed by atoms with E-state index in [1.807, 2.05) is 18.2 Å². The van der Waals surface area contributed by atoms with E-state index in [0.717, 1.165) is 29.4 Å². The Balaban J connectivity index is 1.42. The highest BCUT2D eigenvalue weighted by atomic mass is 32.2. The van der Waals surface area contributed by atoms with Crippen LogP contribution in [0.1, 0.15) is 48.5 Å². The lowest BCUT2D eigenvalue weighted by atomic mass is 9.95. The minimum absolute atomic E-state index is 0.00848. The molecule has 0 unspecified atom stereocenters. The zero-order valence-corrected chi connectivity index (χ0v) is 20.1. The van der Waals surface area contributed by atoms with Crippen molar-refractivity contribution in [2.75, 3.05) is 26.8 Å². The van der Waals surface area contributed by atoms with Crippen LogP contribution in [-0.4, -0.2) is 47.3 Å². The minimum Gasteiger partial charge on any atom is -0.493 e. The fourth-order valence-corrected chi connectivity index (χ4v) is 5.40. The van der Waals surface area contributed by atoms with Crippen molar-refractivity contribution in [3.8, 4) is 34.4 Å². The molecule has 0 spiro atoms. The lowest BCUT2D eigenvalue weighted by Gasteiger charge is -2.25. The Kier molecular flexibility index (Phi) is 6.62. The first-order valence-corrected chi connectivity index (χ1v) is 12.4. The zero-order chi connectivity index (χ0) is 23.5. The molecule has 2 heterocycles. The molecule has 0 bridgehead atoms. The maximum Gasteiger partial charge on any atom is 0.231 e. The fraction of sp³-hybridized carbons (Fsp3) is 0.400. The van der Waals surface area contributed by atoms with Crippen LogP contribution in [0.3, 0.4) is 0 Å². The molecule has 0 atom stereocenters. The quantitative estimate of drug-likeness (QED) is 0.322. The molecule has 0 saturated heterocycles. The number of thioether (sulfide) groups is 1.